The van der Waals surface area contributed by atoms with Crippen molar-refractivity contribution in [3.8, 4) is 0 Å². The molecule has 1 heterocycles. The Morgan fingerprint density at radius 2 is 1.94 bits per heavy atom. The van der Waals surface area contributed by atoms with Crippen LogP contribution in [0.15, 0.2) is 27.4 Å². The number of carbonyl (C=O) groups is 1. The second kappa shape index (κ2) is 4.92. The molecule has 17 heavy (non-hydrogen) atoms. The average Bonchev–Trinajstić information content (AvgIpc) is 2.69. The molecule has 88 valence electrons. The SMILES string of the molecule is Cc1cc(C(=O)c2csc(Br)c2)c(C)cc1Cl. The summed E-state index contributed by atoms with van der Waals surface area (Å²) in [5.41, 5.74) is 3.27. The Labute approximate surface area is 118 Å². The van der Waals surface area contributed by atoms with E-state index in [-0.39, 0.29) is 5.78 Å². The first-order chi connectivity index (χ1) is 7.99. The lowest BCUT2D eigenvalue weighted by molar-refractivity contribution is 0.103. The third-order valence-corrected chi connectivity index (χ3v) is 4.49. The van der Waals surface area contributed by atoms with Gasteiger partial charge in [-0.25, -0.2) is 0 Å². The smallest absolute Gasteiger partial charge is 0.194 e. The molecule has 0 fully saturated rings. The molecule has 2 rings (SSSR count). The summed E-state index contributed by atoms with van der Waals surface area (Å²) in [5.74, 6) is 0.0456. The fourth-order valence-electron chi connectivity index (χ4n) is 1.61. The second-order valence-electron chi connectivity index (χ2n) is 3.88. The van der Waals surface area contributed by atoms with Crippen LogP contribution in [0.3, 0.4) is 0 Å². The molecule has 0 atom stereocenters. The highest BCUT2D eigenvalue weighted by Gasteiger charge is 2.14. The summed E-state index contributed by atoms with van der Waals surface area (Å²) in [7, 11) is 0. The van der Waals surface area contributed by atoms with Gasteiger partial charge in [-0.15, -0.1) is 11.3 Å². The van der Waals surface area contributed by atoms with Crippen molar-refractivity contribution in [2.75, 3.05) is 0 Å². The fraction of sp³-hybridized carbons (Fsp3) is 0.154. The van der Waals surface area contributed by atoms with E-state index in [4.69, 9.17) is 11.6 Å². The highest BCUT2D eigenvalue weighted by atomic mass is 79.9. The lowest BCUT2D eigenvalue weighted by atomic mass is 9.99. The van der Waals surface area contributed by atoms with E-state index in [1.54, 1.807) is 0 Å². The van der Waals surface area contributed by atoms with Crippen LogP contribution in [0.25, 0.3) is 0 Å². The minimum atomic E-state index is 0.0456. The van der Waals surface area contributed by atoms with E-state index < -0.39 is 0 Å². The summed E-state index contributed by atoms with van der Waals surface area (Å²) in [6, 6.07) is 5.54. The Morgan fingerprint density at radius 3 is 2.53 bits per heavy atom. The van der Waals surface area contributed by atoms with E-state index in [0.717, 1.165) is 20.5 Å². The van der Waals surface area contributed by atoms with Gasteiger partial charge in [-0.05, 0) is 59.1 Å². The van der Waals surface area contributed by atoms with Crippen molar-refractivity contribution in [3.05, 3.63) is 54.6 Å². The first-order valence-corrected chi connectivity index (χ1v) is 7.09. The van der Waals surface area contributed by atoms with Crippen LogP contribution in [0.2, 0.25) is 5.02 Å². The maximum Gasteiger partial charge on any atom is 0.194 e. The number of rotatable bonds is 2. The molecule has 0 aliphatic carbocycles. The first kappa shape index (κ1) is 12.8. The van der Waals surface area contributed by atoms with Crippen LogP contribution in [0, 0.1) is 13.8 Å². The van der Waals surface area contributed by atoms with E-state index in [0.29, 0.717) is 10.6 Å². The Bertz CT molecular complexity index is 589. The molecule has 0 aliphatic rings. The van der Waals surface area contributed by atoms with Crippen LogP contribution in [-0.4, -0.2) is 5.78 Å². The summed E-state index contributed by atoms with van der Waals surface area (Å²) in [6.45, 7) is 3.81. The maximum absolute atomic E-state index is 12.3. The quantitative estimate of drug-likeness (QED) is 0.708. The predicted octanol–water partition coefficient (Wildman–Crippen LogP) is 5.01. The van der Waals surface area contributed by atoms with Crippen LogP contribution < -0.4 is 0 Å². The Kier molecular flexibility index (Phi) is 3.71. The van der Waals surface area contributed by atoms with Crippen molar-refractivity contribution in [3.63, 3.8) is 0 Å². The molecule has 0 amide bonds. The summed E-state index contributed by atoms with van der Waals surface area (Å²) in [6.07, 6.45) is 0. The number of carbonyl (C=O) groups excluding carboxylic acids is 1. The number of benzene rings is 1. The molecule has 0 aliphatic heterocycles. The van der Waals surface area contributed by atoms with E-state index >= 15 is 0 Å². The van der Waals surface area contributed by atoms with E-state index in [2.05, 4.69) is 15.9 Å². The monoisotopic (exact) mass is 328 g/mol. The van der Waals surface area contributed by atoms with Crippen molar-refractivity contribution in [2.45, 2.75) is 13.8 Å². The van der Waals surface area contributed by atoms with Gasteiger partial charge in [0.25, 0.3) is 0 Å². The topological polar surface area (TPSA) is 17.1 Å². The highest BCUT2D eigenvalue weighted by Crippen LogP contribution is 2.26. The normalized spacial score (nSPS) is 10.6. The van der Waals surface area contributed by atoms with Crippen molar-refractivity contribution < 1.29 is 4.79 Å². The Hall–Kier alpha value is -0.640. The number of aryl methyl sites for hydroxylation is 2. The second-order valence-corrected chi connectivity index (χ2v) is 6.58. The Morgan fingerprint density at radius 1 is 1.24 bits per heavy atom. The van der Waals surface area contributed by atoms with Gasteiger partial charge in [0.05, 0.1) is 3.79 Å². The van der Waals surface area contributed by atoms with Crippen LogP contribution in [0.1, 0.15) is 27.0 Å². The minimum Gasteiger partial charge on any atom is -0.289 e. The fourth-order valence-corrected chi connectivity index (χ4v) is 2.97. The summed E-state index contributed by atoms with van der Waals surface area (Å²) < 4.78 is 0.962. The molecular weight excluding hydrogens is 320 g/mol. The molecule has 0 saturated heterocycles. The number of ketones is 1. The van der Waals surface area contributed by atoms with Crippen molar-refractivity contribution in [2.24, 2.45) is 0 Å². The number of hydrogen-bond donors (Lipinski definition) is 0. The molecular formula is C13H10BrClOS. The number of hydrogen-bond acceptors (Lipinski definition) is 2. The third-order valence-electron chi connectivity index (χ3n) is 2.58. The number of thiophene rings is 1. The van der Waals surface area contributed by atoms with E-state index in [1.807, 2.05) is 37.4 Å². The molecule has 0 radical (unpaired) electrons. The summed E-state index contributed by atoms with van der Waals surface area (Å²) in [4.78, 5) is 12.3. The zero-order valence-electron chi connectivity index (χ0n) is 9.38. The number of halogens is 2. The lowest BCUT2D eigenvalue weighted by Crippen LogP contribution is -2.03. The maximum atomic E-state index is 12.3. The Balaban J connectivity index is 2.47. The molecule has 1 nitrogen and oxygen atoms in total. The van der Waals surface area contributed by atoms with Gasteiger partial charge >= 0.3 is 0 Å². The first-order valence-electron chi connectivity index (χ1n) is 5.04. The zero-order valence-corrected chi connectivity index (χ0v) is 12.5. The largest absolute Gasteiger partial charge is 0.289 e. The molecule has 1 aromatic carbocycles. The van der Waals surface area contributed by atoms with Crippen molar-refractivity contribution in [1.82, 2.24) is 0 Å². The van der Waals surface area contributed by atoms with Crippen LogP contribution >= 0.6 is 38.9 Å². The van der Waals surface area contributed by atoms with Crippen LogP contribution in [-0.2, 0) is 0 Å². The average molecular weight is 330 g/mol. The summed E-state index contributed by atoms with van der Waals surface area (Å²) >= 11 is 10.9. The van der Waals surface area contributed by atoms with Gasteiger partial charge < -0.3 is 0 Å². The summed E-state index contributed by atoms with van der Waals surface area (Å²) in [5, 5.41) is 2.56. The highest BCUT2D eigenvalue weighted by molar-refractivity contribution is 9.11. The van der Waals surface area contributed by atoms with Crippen molar-refractivity contribution >= 4 is 44.7 Å². The molecule has 0 unspecified atom stereocenters. The van der Waals surface area contributed by atoms with Gasteiger partial charge in [0.2, 0.25) is 0 Å². The molecule has 0 bridgehead atoms. The third kappa shape index (κ3) is 2.62. The van der Waals surface area contributed by atoms with Gasteiger partial charge in [0, 0.05) is 21.5 Å². The molecule has 1 aromatic heterocycles. The van der Waals surface area contributed by atoms with Gasteiger partial charge in [0.15, 0.2) is 5.78 Å². The minimum absolute atomic E-state index is 0.0456. The predicted molar refractivity (Wildman–Crippen MR) is 76.4 cm³/mol. The molecule has 2 aromatic rings. The standard InChI is InChI=1S/C13H10BrClOS/c1-7-4-11(15)8(2)3-10(7)13(16)9-5-12(14)17-6-9/h3-6H,1-2H3. The molecule has 4 heteroatoms. The van der Waals surface area contributed by atoms with E-state index in [1.165, 1.54) is 11.3 Å². The molecule has 0 spiro atoms. The van der Waals surface area contributed by atoms with Gasteiger partial charge in [-0.3, -0.25) is 4.79 Å². The zero-order chi connectivity index (χ0) is 12.6. The van der Waals surface area contributed by atoms with E-state index in [9.17, 15) is 4.79 Å². The molecule has 0 saturated carbocycles. The van der Waals surface area contributed by atoms with Crippen molar-refractivity contribution in [1.29, 1.82) is 0 Å². The van der Waals surface area contributed by atoms with Gasteiger partial charge in [-0.2, -0.15) is 0 Å². The van der Waals surface area contributed by atoms with Crippen LogP contribution in [0.4, 0.5) is 0 Å². The molecule has 0 N–H and O–H groups in total. The van der Waals surface area contributed by atoms with Crippen LogP contribution in [0.5, 0.6) is 0 Å². The lowest BCUT2D eigenvalue weighted by Gasteiger charge is -2.06. The van der Waals surface area contributed by atoms with Gasteiger partial charge in [-0.1, -0.05) is 11.6 Å². The van der Waals surface area contributed by atoms with Gasteiger partial charge in [0.1, 0.15) is 0 Å².